The van der Waals surface area contributed by atoms with Crippen LogP contribution in [0.4, 0.5) is 0 Å². The first-order valence-electron chi connectivity index (χ1n) is 5.49. The van der Waals surface area contributed by atoms with Gasteiger partial charge in [0, 0.05) is 36.3 Å². The van der Waals surface area contributed by atoms with Gasteiger partial charge in [0.15, 0.2) is 0 Å². The van der Waals surface area contributed by atoms with Crippen molar-refractivity contribution in [3.8, 4) is 11.3 Å². The number of benzene rings is 1. The van der Waals surface area contributed by atoms with E-state index in [1.165, 1.54) is 0 Å². The Balaban J connectivity index is 2.26. The van der Waals surface area contributed by atoms with E-state index in [0.29, 0.717) is 6.54 Å². The van der Waals surface area contributed by atoms with E-state index in [1.807, 2.05) is 37.5 Å². The van der Waals surface area contributed by atoms with Crippen LogP contribution in [0.25, 0.3) is 22.2 Å². The molecule has 0 amide bonds. The van der Waals surface area contributed by atoms with Gasteiger partial charge in [0.1, 0.15) is 17.5 Å². The molecule has 2 N–H and O–H groups in total. The number of furan rings is 1. The van der Waals surface area contributed by atoms with Crippen molar-refractivity contribution >= 4 is 11.0 Å². The second kappa shape index (κ2) is 3.75. The van der Waals surface area contributed by atoms with Crippen LogP contribution in [0.5, 0.6) is 0 Å². The first kappa shape index (κ1) is 10.1. The molecule has 0 atom stereocenters. The summed E-state index contributed by atoms with van der Waals surface area (Å²) in [7, 11) is 1.89. The van der Waals surface area contributed by atoms with Crippen LogP contribution in [-0.4, -0.2) is 9.78 Å². The molecule has 0 radical (unpaired) electrons. The van der Waals surface area contributed by atoms with Crippen LogP contribution in [0.3, 0.4) is 0 Å². The molecule has 0 aliphatic rings. The minimum absolute atomic E-state index is 0.475. The highest BCUT2D eigenvalue weighted by Gasteiger charge is 2.14. The third kappa shape index (κ3) is 1.54. The molecule has 4 heteroatoms. The van der Waals surface area contributed by atoms with E-state index < -0.39 is 0 Å². The molecule has 0 aliphatic heterocycles. The first-order chi connectivity index (χ1) is 8.29. The molecule has 3 rings (SSSR count). The van der Waals surface area contributed by atoms with Crippen molar-refractivity contribution in [2.24, 2.45) is 12.8 Å². The summed E-state index contributed by atoms with van der Waals surface area (Å²) in [6.07, 6.45) is 3.68. The first-order valence-corrected chi connectivity index (χ1v) is 5.49. The summed E-state index contributed by atoms with van der Waals surface area (Å²) in [5.41, 5.74) is 9.53. The number of aromatic nitrogens is 2. The number of hydrogen-bond donors (Lipinski definition) is 1. The lowest BCUT2D eigenvalue weighted by atomic mass is 10.1. The third-order valence-electron chi connectivity index (χ3n) is 2.86. The molecule has 2 aromatic heterocycles. The van der Waals surface area contributed by atoms with Crippen LogP contribution < -0.4 is 5.73 Å². The Morgan fingerprint density at radius 2 is 2.18 bits per heavy atom. The number of aryl methyl sites for hydroxylation is 1. The summed E-state index contributed by atoms with van der Waals surface area (Å²) in [5, 5.41) is 5.52. The van der Waals surface area contributed by atoms with Crippen LogP contribution in [0.1, 0.15) is 5.56 Å². The Labute approximate surface area is 98.6 Å². The lowest BCUT2D eigenvalue weighted by Gasteiger charge is -1.96. The van der Waals surface area contributed by atoms with E-state index >= 15 is 0 Å². The monoisotopic (exact) mass is 227 g/mol. The van der Waals surface area contributed by atoms with Crippen LogP contribution in [0.2, 0.25) is 0 Å². The maximum absolute atomic E-state index is 5.73. The maximum Gasteiger partial charge on any atom is 0.134 e. The van der Waals surface area contributed by atoms with Gasteiger partial charge in [-0.05, 0) is 6.07 Å². The molecule has 3 aromatic rings. The van der Waals surface area contributed by atoms with Gasteiger partial charge in [-0.3, -0.25) is 4.68 Å². The van der Waals surface area contributed by atoms with Crippen LogP contribution in [-0.2, 0) is 13.6 Å². The zero-order valence-electron chi connectivity index (χ0n) is 9.55. The number of hydrogen-bond acceptors (Lipinski definition) is 3. The van der Waals surface area contributed by atoms with E-state index in [2.05, 4.69) is 5.10 Å². The quantitative estimate of drug-likeness (QED) is 0.730. The molecule has 86 valence electrons. The molecular weight excluding hydrogens is 214 g/mol. The Hall–Kier alpha value is -2.07. The molecule has 0 bridgehead atoms. The summed E-state index contributed by atoms with van der Waals surface area (Å²) >= 11 is 0. The average molecular weight is 227 g/mol. The lowest BCUT2D eigenvalue weighted by molar-refractivity contribution is 0.616. The van der Waals surface area contributed by atoms with E-state index in [4.69, 9.17) is 10.2 Å². The van der Waals surface area contributed by atoms with Gasteiger partial charge in [0.2, 0.25) is 0 Å². The van der Waals surface area contributed by atoms with Crippen LogP contribution >= 0.6 is 0 Å². The average Bonchev–Trinajstić information content (AvgIpc) is 2.91. The van der Waals surface area contributed by atoms with Gasteiger partial charge in [-0.25, -0.2) is 0 Å². The topological polar surface area (TPSA) is 57.0 Å². The van der Waals surface area contributed by atoms with Crippen LogP contribution in [0, 0.1) is 0 Å². The van der Waals surface area contributed by atoms with Gasteiger partial charge < -0.3 is 10.2 Å². The molecule has 0 fully saturated rings. The second-order valence-electron chi connectivity index (χ2n) is 4.03. The molecule has 17 heavy (non-hydrogen) atoms. The molecule has 1 aromatic carbocycles. The molecule has 0 saturated carbocycles. The predicted molar refractivity (Wildman–Crippen MR) is 66.3 cm³/mol. The van der Waals surface area contributed by atoms with E-state index in [1.54, 1.807) is 10.9 Å². The van der Waals surface area contributed by atoms with E-state index in [-0.39, 0.29) is 0 Å². The van der Waals surface area contributed by atoms with Crippen molar-refractivity contribution < 1.29 is 4.42 Å². The minimum atomic E-state index is 0.475. The van der Waals surface area contributed by atoms with Crippen molar-refractivity contribution in [3.63, 3.8) is 0 Å². The summed E-state index contributed by atoms with van der Waals surface area (Å²) in [6.45, 7) is 0.475. The highest BCUT2D eigenvalue weighted by molar-refractivity contribution is 5.93. The van der Waals surface area contributed by atoms with Gasteiger partial charge in [0.05, 0.1) is 0 Å². The predicted octanol–water partition coefficient (Wildman–Crippen LogP) is 2.29. The molecule has 0 aliphatic carbocycles. The number of rotatable bonds is 2. The van der Waals surface area contributed by atoms with Crippen molar-refractivity contribution in [1.29, 1.82) is 0 Å². The second-order valence-corrected chi connectivity index (χ2v) is 4.03. The Morgan fingerprint density at radius 1 is 1.35 bits per heavy atom. The normalized spacial score (nSPS) is 11.2. The fourth-order valence-corrected chi connectivity index (χ4v) is 2.07. The molecule has 0 spiro atoms. The number of para-hydroxylation sites is 1. The molecule has 0 saturated heterocycles. The standard InChI is InChI=1S/C13H13N3O/c1-16-7-9(6-14)13(15-16)11-8-17-12-5-3-2-4-10(11)12/h2-5,7-8H,6,14H2,1H3. The smallest absolute Gasteiger partial charge is 0.134 e. The molecule has 4 nitrogen and oxygen atoms in total. The van der Waals surface area contributed by atoms with Crippen LogP contribution in [0.15, 0.2) is 41.1 Å². The zero-order valence-corrected chi connectivity index (χ0v) is 9.55. The number of fused-ring (bicyclic) bond motifs is 1. The zero-order chi connectivity index (χ0) is 11.8. The number of nitrogens with zero attached hydrogens (tertiary/aromatic N) is 2. The summed E-state index contributed by atoms with van der Waals surface area (Å²) in [4.78, 5) is 0. The van der Waals surface area contributed by atoms with Crippen molar-refractivity contribution in [3.05, 3.63) is 42.3 Å². The summed E-state index contributed by atoms with van der Waals surface area (Å²) in [6, 6.07) is 7.93. The highest BCUT2D eigenvalue weighted by atomic mass is 16.3. The Kier molecular flexibility index (Phi) is 2.23. The van der Waals surface area contributed by atoms with Crippen molar-refractivity contribution in [1.82, 2.24) is 9.78 Å². The largest absolute Gasteiger partial charge is 0.464 e. The molecular formula is C13H13N3O. The van der Waals surface area contributed by atoms with Crippen molar-refractivity contribution in [2.75, 3.05) is 0 Å². The summed E-state index contributed by atoms with van der Waals surface area (Å²) in [5.74, 6) is 0. The van der Waals surface area contributed by atoms with Crippen molar-refractivity contribution in [2.45, 2.75) is 6.54 Å². The number of nitrogens with two attached hydrogens (primary N) is 1. The fourth-order valence-electron chi connectivity index (χ4n) is 2.07. The fraction of sp³-hybridized carbons (Fsp3) is 0.154. The Morgan fingerprint density at radius 3 is 3.00 bits per heavy atom. The summed E-state index contributed by atoms with van der Waals surface area (Å²) < 4.78 is 7.30. The van der Waals surface area contributed by atoms with Gasteiger partial charge in [-0.1, -0.05) is 18.2 Å². The van der Waals surface area contributed by atoms with Gasteiger partial charge in [-0.15, -0.1) is 0 Å². The highest BCUT2D eigenvalue weighted by Crippen LogP contribution is 2.31. The third-order valence-corrected chi connectivity index (χ3v) is 2.86. The van der Waals surface area contributed by atoms with Gasteiger partial charge in [0.25, 0.3) is 0 Å². The lowest BCUT2D eigenvalue weighted by Crippen LogP contribution is -1.96. The van der Waals surface area contributed by atoms with Gasteiger partial charge >= 0.3 is 0 Å². The molecule has 2 heterocycles. The maximum atomic E-state index is 5.73. The van der Waals surface area contributed by atoms with E-state index in [9.17, 15) is 0 Å². The van der Waals surface area contributed by atoms with Gasteiger partial charge in [-0.2, -0.15) is 5.10 Å². The molecule has 0 unspecified atom stereocenters. The Bertz CT molecular complexity index is 666. The SMILES string of the molecule is Cn1cc(CN)c(-c2coc3ccccc23)n1. The van der Waals surface area contributed by atoms with E-state index in [0.717, 1.165) is 27.8 Å². The minimum Gasteiger partial charge on any atom is -0.464 e.